The summed E-state index contributed by atoms with van der Waals surface area (Å²) < 4.78 is 9.81. The first-order chi connectivity index (χ1) is 10.5. The second kappa shape index (κ2) is 7.65. The summed E-state index contributed by atoms with van der Waals surface area (Å²) in [6.07, 6.45) is 0. The number of nitrogens with one attached hydrogen (secondary N) is 1. The second-order valence-electron chi connectivity index (χ2n) is 4.55. The number of aromatic nitrogens is 1. The van der Waals surface area contributed by atoms with Crippen LogP contribution in [0.5, 0.6) is 0 Å². The Bertz CT molecular complexity index is 642. The Labute approximate surface area is 132 Å². The maximum atomic E-state index is 11.9. The number of nitrogens with zero attached hydrogens (tertiary/aromatic N) is 1. The third-order valence-electron chi connectivity index (χ3n) is 2.63. The highest BCUT2D eigenvalue weighted by Gasteiger charge is 2.17. The Hall–Kier alpha value is -2.28. The van der Waals surface area contributed by atoms with Gasteiger partial charge in [-0.25, -0.2) is 0 Å². The molecule has 2 aromatic rings. The van der Waals surface area contributed by atoms with Crippen LogP contribution in [0.1, 0.15) is 12.7 Å². The van der Waals surface area contributed by atoms with Crippen LogP contribution in [0.3, 0.4) is 0 Å². The van der Waals surface area contributed by atoms with Crippen molar-refractivity contribution in [3.8, 4) is 0 Å². The quantitative estimate of drug-likeness (QED) is 0.651. The molecule has 6 nitrogen and oxygen atoms in total. The van der Waals surface area contributed by atoms with Crippen LogP contribution in [0.25, 0.3) is 0 Å². The number of amides is 1. The predicted molar refractivity (Wildman–Crippen MR) is 82.6 cm³/mol. The third-order valence-corrected chi connectivity index (χ3v) is 3.72. The minimum Gasteiger partial charge on any atom is -0.455 e. The summed E-state index contributed by atoms with van der Waals surface area (Å²) in [6, 6.07) is 11.1. The normalized spacial score (nSPS) is 11.7. The van der Waals surface area contributed by atoms with E-state index in [9.17, 15) is 9.59 Å². The van der Waals surface area contributed by atoms with E-state index in [2.05, 4.69) is 10.5 Å². The first-order valence-corrected chi connectivity index (χ1v) is 7.54. The van der Waals surface area contributed by atoms with Crippen molar-refractivity contribution in [1.29, 1.82) is 0 Å². The van der Waals surface area contributed by atoms with Gasteiger partial charge in [0.25, 0.3) is 5.91 Å². The molecule has 0 unspecified atom stereocenters. The van der Waals surface area contributed by atoms with Gasteiger partial charge in [-0.2, -0.15) is 0 Å². The molecule has 0 radical (unpaired) electrons. The van der Waals surface area contributed by atoms with Crippen molar-refractivity contribution in [2.24, 2.45) is 0 Å². The second-order valence-corrected chi connectivity index (χ2v) is 5.97. The van der Waals surface area contributed by atoms with E-state index >= 15 is 0 Å². The summed E-state index contributed by atoms with van der Waals surface area (Å²) in [4.78, 5) is 24.4. The number of aryl methyl sites for hydroxylation is 1. The number of anilines is 1. The average molecular weight is 320 g/mol. The molecule has 0 saturated carbocycles. The van der Waals surface area contributed by atoms with Gasteiger partial charge in [0.15, 0.2) is 12.4 Å². The molecule has 116 valence electrons. The van der Waals surface area contributed by atoms with E-state index in [1.807, 2.05) is 30.3 Å². The largest absolute Gasteiger partial charge is 0.455 e. The molecule has 0 aliphatic carbocycles. The Morgan fingerprint density at radius 2 is 2.09 bits per heavy atom. The van der Waals surface area contributed by atoms with Gasteiger partial charge in [0, 0.05) is 11.0 Å². The number of rotatable bonds is 6. The molecule has 2 rings (SSSR count). The van der Waals surface area contributed by atoms with Gasteiger partial charge in [-0.3, -0.25) is 9.59 Å². The van der Waals surface area contributed by atoms with E-state index in [4.69, 9.17) is 9.26 Å². The lowest BCUT2D eigenvalue weighted by Gasteiger charge is -2.10. The summed E-state index contributed by atoms with van der Waals surface area (Å²) in [5.74, 6) is -0.0238. The Balaban J connectivity index is 1.75. The molecule has 22 heavy (non-hydrogen) atoms. The van der Waals surface area contributed by atoms with E-state index in [-0.39, 0.29) is 6.61 Å². The highest BCUT2D eigenvalue weighted by atomic mass is 32.2. The van der Waals surface area contributed by atoms with Gasteiger partial charge in [0.05, 0.1) is 0 Å². The number of thioether (sulfide) groups is 1. The minimum absolute atomic E-state index is 0.297. The minimum atomic E-state index is -0.460. The maximum Gasteiger partial charge on any atom is 0.319 e. The molecule has 1 atom stereocenters. The van der Waals surface area contributed by atoms with Crippen LogP contribution in [-0.4, -0.2) is 28.9 Å². The average Bonchev–Trinajstić information content (AvgIpc) is 2.90. The summed E-state index contributed by atoms with van der Waals surface area (Å²) in [6.45, 7) is 3.09. The number of carbonyl (C=O) groups excluding carboxylic acids is 2. The summed E-state index contributed by atoms with van der Waals surface area (Å²) in [7, 11) is 0. The fourth-order valence-corrected chi connectivity index (χ4v) is 2.50. The first kappa shape index (κ1) is 16.1. The Morgan fingerprint density at radius 3 is 2.73 bits per heavy atom. The van der Waals surface area contributed by atoms with E-state index < -0.39 is 17.1 Å². The molecule has 1 aromatic heterocycles. The molecule has 7 heteroatoms. The number of carbonyl (C=O) groups is 2. The fourth-order valence-electron chi connectivity index (χ4n) is 1.61. The molecule has 0 aliphatic heterocycles. The van der Waals surface area contributed by atoms with Crippen molar-refractivity contribution in [2.45, 2.75) is 24.0 Å². The highest BCUT2D eigenvalue weighted by molar-refractivity contribution is 8.00. The van der Waals surface area contributed by atoms with E-state index in [1.54, 1.807) is 19.9 Å². The van der Waals surface area contributed by atoms with Crippen molar-refractivity contribution in [3.05, 3.63) is 42.2 Å². The molecule has 0 aliphatic rings. The topological polar surface area (TPSA) is 81.4 Å². The lowest BCUT2D eigenvalue weighted by Crippen LogP contribution is -2.24. The van der Waals surface area contributed by atoms with Crippen LogP contribution in [0.4, 0.5) is 5.82 Å². The van der Waals surface area contributed by atoms with Crippen LogP contribution < -0.4 is 5.32 Å². The van der Waals surface area contributed by atoms with Gasteiger partial charge in [-0.15, -0.1) is 11.8 Å². The molecule has 0 fully saturated rings. The number of ether oxygens (including phenoxy) is 1. The lowest BCUT2D eigenvalue weighted by atomic mass is 10.4. The monoisotopic (exact) mass is 320 g/mol. The SMILES string of the molecule is Cc1cc(NC(=O)COC(=O)[C@H](C)Sc2ccccc2)no1. The first-order valence-electron chi connectivity index (χ1n) is 6.66. The molecule has 1 aromatic carbocycles. The van der Waals surface area contributed by atoms with Crippen LogP contribution in [-0.2, 0) is 14.3 Å². The molecule has 0 saturated heterocycles. The third kappa shape index (κ3) is 4.92. The van der Waals surface area contributed by atoms with E-state index in [0.717, 1.165) is 4.90 Å². The molecule has 0 bridgehead atoms. The zero-order chi connectivity index (χ0) is 15.9. The zero-order valence-corrected chi connectivity index (χ0v) is 13.1. The van der Waals surface area contributed by atoms with Crippen LogP contribution in [0.2, 0.25) is 0 Å². The van der Waals surface area contributed by atoms with Crippen LogP contribution in [0.15, 0.2) is 45.8 Å². The van der Waals surface area contributed by atoms with Gasteiger partial charge in [0.1, 0.15) is 11.0 Å². The van der Waals surface area contributed by atoms with Crippen molar-refractivity contribution in [3.63, 3.8) is 0 Å². The van der Waals surface area contributed by atoms with Crippen molar-refractivity contribution >= 4 is 29.5 Å². The number of benzene rings is 1. The van der Waals surface area contributed by atoms with Crippen LogP contribution in [0, 0.1) is 6.92 Å². The van der Waals surface area contributed by atoms with E-state index in [1.165, 1.54) is 11.8 Å². The molecular formula is C15H16N2O4S. The van der Waals surface area contributed by atoms with Gasteiger partial charge in [-0.05, 0) is 26.0 Å². The van der Waals surface area contributed by atoms with Crippen molar-refractivity contribution in [1.82, 2.24) is 5.16 Å². The molecule has 1 heterocycles. The number of hydrogen-bond acceptors (Lipinski definition) is 6. The standard InChI is InChI=1S/C15H16N2O4S/c1-10-8-13(17-21-10)16-14(18)9-20-15(19)11(2)22-12-6-4-3-5-7-12/h3-8,11H,9H2,1-2H3,(H,16,17,18)/t11-/m0/s1. The molecule has 1 amide bonds. The highest BCUT2D eigenvalue weighted by Crippen LogP contribution is 2.23. The van der Waals surface area contributed by atoms with Gasteiger partial charge < -0.3 is 14.6 Å². The molecule has 1 N–H and O–H groups in total. The molecular weight excluding hydrogens is 304 g/mol. The van der Waals surface area contributed by atoms with Gasteiger partial charge in [0.2, 0.25) is 0 Å². The number of hydrogen-bond donors (Lipinski definition) is 1. The maximum absolute atomic E-state index is 11.9. The summed E-state index contributed by atoms with van der Waals surface area (Å²) in [5, 5.41) is 5.70. The predicted octanol–water partition coefficient (Wildman–Crippen LogP) is 2.65. The summed E-state index contributed by atoms with van der Waals surface area (Å²) in [5.41, 5.74) is 0. The lowest BCUT2D eigenvalue weighted by molar-refractivity contribution is -0.146. The van der Waals surface area contributed by atoms with Crippen molar-refractivity contribution in [2.75, 3.05) is 11.9 Å². The Morgan fingerprint density at radius 1 is 1.36 bits per heavy atom. The van der Waals surface area contributed by atoms with Crippen LogP contribution >= 0.6 is 11.8 Å². The number of esters is 1. The molecule has 0 spiro atoms. The fraction of sp³-hybridized carbons (Fsp3) is 0.267. The van der Waals surface area contributed by atoms with E-state index in [0.29, 0.717) is 11.6 Å². The smallest absolute Gasteiger partial charge is 0.319 e. The zero-order valence-electron chi connectivity index (χ0n) is 12.2. The Kier molecular flexibility index (Phi) is 5.60. The van der Waals surface area contributed by atoms with Crippen molar-refractivity contribution < 1.29 is 18.8 Å². The van der Waals surface area contributed by atoms with Gasteiger partial charge in [-0.1, -0.05) is 23.4 Å². The summed E-state index contributed by atoms with van der Waals surface area (Å²) >= 11 is 1.38. The van der Waals surface area contributed by atoms with Gasteiger partial charge >= 0.3 is 5.97 Å².